The zero-order chi connectivity index (χ0) is 34.5. The standard InChI is InChI=1S/C32H35FN4O10/c1-32(2,3)47-31(41)36-28-18-7-9-26(45-5)27(14-18)46-21-13-19(12-20(15-21)44-4)24(16-38)35-29(39)23(34-30(28)40)10-17-6-8-22(33)25(11-17)37(42)43/h6-9,11-15,23-24,28,38H,10,16H2,1-5H3,(H,34,40)(H,35,39)(H,36,41)/t23-,24-,28-/m1/s1. The molecule has 4 bridgehead atoms. The molecule has 15 heteroatoms. The van der Waals surface area contributed by atoms with Gasteiger partial charge in [0.25, 0.3) is 0 Å². The van der Waals surface area contributed by atoms with Crippen molar-refractivity contribution in [3.05, 3.63) is 87.2 Å². The molecule has 1 aliphatic rings. The Hall–Kier alpha value is -5.44. The summed E-state index contributed by atoms with van der Waals surface area (Å²) in [5.41, 5.74) is -0.981. The van der Waals surface area contributed by atoms with Gasteiger partial charge in [-0.25, -0.2) is 4.79 Å². The largest absolute Gasteiger partial charge is 0.497 e. The van der Waals surface area contributed by atoms with Gasteiger partial charge in [0.2, 0.25) is 17.6 Å². The van der Waals surface area contributed by atoms with Crippen LogP contribution in [-0.4, -0.2) is 60.4 Å². The summed E-state index contributed by atoms with van der Waals surface area (Å²) in [5.74, 6) is -1.73. The number of alkyl carbamates (subject to hydrolysis) is 1. The lowest BCUT2D eigenvalue weighted by Gasteiger charge is -2.27. The lowest BCUT2D eigenvalue weighted by Crippen LogP contribution is -2.52. The van der Waals surface area contributed by atoms with Gasteiger partial charge in [0.05, 0.1) is 31.8 Å². The van der Waals surface area contributed by atoms with Gasteiger partial charge in [0, 0.05) is 18.6 Å². The highest BCUT2D eigenvalue weighted by atomic mass is 19.1. The molecule has 250 valence electrons. The molecule has 1 aliphatic heterocycles. The molecule has 0 aromatic heterocycles. The van der Waals surface area contributed by atoms with E-state index in [1.807, 2.05) is 0 Å². The van der Waals surface area contributed by atoms with Crippen LogP contribution in [0.5, 0.6) is 23.0 Å². The number of fused-ring (bicyclic) bond motifs is 4. The number of nitrogens with zero attached hydrogens (tertiary/aromatic N) is 1. The van der Waals surface area contributed by atoms with Crippen molar-refractivity contribution in [1.82, 2.24) is 16.0 Å². The maximum absolute atomic E-state index is 14.1. The second-order valence-corrected chi connectivity index (χ2v) is 11.6. The number of amides is 3. The third kappa shape index (κ3) is 8.64. The molecular weight excluding hydrogens is 619 g/mol. The van der Waals surface area contributed by atoms with E-state index in [0.717, 1.165) is 12.1 Å². The number of carbonyl (C=O) groups is 3. The SMILES string of the molecule is COc1cc2cc(c1)[C@@H](CO)NC(=O)[C@@H](Cc1ccc(F)c([N+](=O)[O-])c1)NC(=O)[C@H](NC(=O)OC(C)(C)C)c1ccc(OC)c(c1)O2. The third-order valence-corrected chi connectivity index (χ3v) is 6.99. The minimum absolute atomic E-state index is 0.153. The molecule has 0 spiro atoms. The van der Waals surface area contributed by atoms with Crippen LogP contribution in [0.3, 0.4) is 0 Å². The lowest BCUT2D eigenvalue weighted by molar-refractivity contribution is -0.387. The van der Waals surface area contributed by atoms with Crippen LogP contribution in [0, 0.1) is 15.9 Å². The van der Waals surface area contributed by atoms with Gasteiger partial charge in [-0.1, -0.05) is 12.1 Å². The average Bonchev–Trinajstić information content (AvgIpc) is 3.01. The van der Waals surface area contributed by atoms with Gasteiger partial charge in [-0.2, -0.15) is 4.39 Å². The summed E-state index contributed by atoms with van der Waals surface area (Å²) in [6, 6.07) is 8.38. The smallest absolute Gasteiger partial charge is 0.408 e. The van der Waals surface area contributed by atoms with Crippen LogP contribution < -0.4 is 30.2 Å². The Bertz CT molecular complexity index is 1680. The molecule has 0 unspecified atom stereocenters. The van der Waals surface area contributed by atoms with E-state index in [0.29, 0.717) is 11.3 Å². The fraction of sp³-hybridized carbons (Fsp3) is 0.344. The topological polar surface area (TPSA) is 188 Å². The number of hydrogen-bond acceptors (Lipinski definition) is 10. The number of halogens is 1. The van der Waals surface area contributed by atoms with Crippen LogP contribution >= 0.6 is 0 Å². The first-order chi connectivity index (χ1) is 22.2. The lowest BCUT2D eigenvalue weighted by atomic mass is 10.0. The van der Waals surface area contributed by atoms with Gasteiger partial charge >= 0.3 is 11.8 Å². The molecule has 3 aromatic rings. The maximum atomic E-state index is 14.1. The predicted octanol–water partition coefficient (Wildman–Crippen LogP) is 4.00. The number of aliphatic hydroxyl groups is 1. The number of nitrogens with one attached hydrogen (secondary N) is 3. The number of nitro benzene ring substituents is 1. The van der Waals surface area contributed by atoms with Gasteiger partial charge < -0.3 is 40.0 Å². The summed E-state index contributed by atoms with van der Waals surface area (Å²) in [4.78, 5) is 51.1. The van der Waals surface area contributed by atoms with Crippen molar-refractivity contribution in [2.24, 2.45) is 0 Å². The Balaban J connectivity index is 1.87. The first-order valence-corrected chi connectivity index (χ1v) is 14.4. The minimum Gasteiger partial charge on any atom is -0.497 e. The Kier molecular flexibility index (Phi) is 10.5. The summed E-state index contributed by atoms with van der Waals surface area (Å²) in [6.45, 7) is 4.34. The fourth-order valence-electron chi connectivity index (χ4n) is 4.81. The molecular formula is C32H35FN4O10. The zero-order valence-corrected chi connectivity index (χ0v) is 26.3. The Morgan fingerprint density at radius 1 is 1.00 bits per heavy atom. The van der Waals surface area contributed by atoms with Gasteiger partial charge in [0.15, 0.2) is 11.5 Å². The number of nitro groups is 1. The van der Waals surface area contributed by atoms with Gasteiger partial charge in [-0.15, -0.1) is 0 Å². The van der Waals surface area contributed by atoms with E-state index in [-0.39, 0.29) is 34.8 Å². The van der Waals surface area contributed by atoms with Crippen molar-refractivity contribution >= 4 is 23.6 Å². The molecule has 14 nitrogen and oxygen atoms in total. The molecule has 0 saturated carbocycles. The summed E-state index contributed by atoms with van der Waals surface area (Å²) < 4.78 is 36.5. The average molecular weight is 655 g/mol. The van der Waals surface area contributed by atoms with Crippen molar-refractivity contribution in [2.45, 2.75) is 50.9 Å². The fourth-order valence-corrected chi connectivity index (χ4v) is 4.81. The summed E-state index contributed by atoms with van der Waals surface area (Å²) in [5, 5.41) is 29.5. The van der Waals surface area contributed by atoms with Crippen molar-refractivity contribution in [3.8, 4) is 23.0 Å². The van der Waals surface area contributed by atoms with Gasteiger partial charge in [-0.3, -0.25) is 19.7 Å². The van der Waals surface area contributed by atoms with Crippen molar-refractivity contribution in [3.63, 3.8) is 0 Å². The van der Waals surface area contributed by atoms with Gasteiger partial charge in [0.1, 0.15) is 29.2 Å². The van der Waals surface area contributed by atoms with E-state index in [2.05, 4.69) is 16.0 Å². The molecule has 3 amide bonds. The minimum atomic E-state index is -1.45. The van der Waals surface area contributed by atoms with Crippen LogP contribution in [0.15, 0.2) is 54.6 Å². The predicted molar refractivity (Wildman–Crippen MR) is 165 cm³/mol. The van der Waals surface area contributed by atoms with Crippen LogP contribution in [0.1, 0.15) is 49.5 Å². The van der Waals surface area contributed by atoms with E-state index in [9.17, 15) is 34.0 Å². The summed E-state index contributed by atoms with van der Waals surface area (Å²) >= 11 is 0. The summed E-state index contributed by atoms with van der Waals surface area (Å²) in [6.07, 6.45) is -1.26. The molecule has 47 heavy (non-hydrogen) atoms. The number of rotatable bonds is 7. The van der Waals surface area contributed by atoms with E-state index < -0.39 is 64.7 Å². The highest BCUT2D eigenvalue weighted by Crippen LogP contribution is 2.37. The van der Waals surface area contributed by atoms with Crippen molar-refractivity contribution in [2.75, 3.05) is 20.8 Å². The molecule has 4 N–H and O–H groups in total. The van der Waals surface area contributed by atoms with Crippen LogP contribution in [-0.2, 0) is 20.7 Å². The van der Waals surface area contributed by atoms with E-state index >= 15 is 0 Å². The number of methoxy groups -OCH3 is 2. The number of hydrogen-bond donors (Lipinski definition) is 4. The molecule has 3 aromatic carbocycles. The molecule has 0 radical (unpaired) electrons. The molecule has 4 rings (SSSR count). The Labute approximate surface area is 269 Å². The van der Waals surface area contributed by atoms with Gasteiger partial charge in [-0.05, 0) is 67.8 Å². The molecule has 0 fully saturated rings. The molecule has 0 saturated heterocycles. The van der Waals surface area contributed by atoms with Crippen molar-refractivity contribution in [1.29, 1.82) is 0 Å². The number of ether oxygens (including phenoxy) is 4. The number of benzene rings is 3. The molecule has 3 atom stereocenters. The zero-order valence-electron chi connectivity index (χ0n) is 26.3. The summed E-state index contributed by atoms with van der Waals surface area (Å²) in [7, 11) is 2.84. The van der Waals surface area contributed by atoms with E-state index in [1.54, 1.807) is 39.0 Å². The second kappa shape index (κ2) is 14.3. The van der Waals surface area contributed by atoms with Crippen LogP contribution in [0.2, 0.25) is 0 Å². The maximum Gasteiger partial charge on any atom is 0.408 e. The van der Waals surface area contributed by atoms with Crippen molar-refractivity contribution < 1.29 is 47.8 Å². The quantitative estimate of drug-likeness (QED) is 0.214. The van der Waals surface area contributed by atoms with Crippen LogP contribution in [0.25, 0.3) is 0 Å². The molecule has 0 aliphatic carbocycles. The second-order valence-electron chi connectivity index (χ2n) is 11.6. The number of aliphatic hydroxyl groups excluding tert-OH is 1. The molecule has 1 heterocycles. The first kappa shape index (κ1) is 34.4. The van der Waals surface area contributed by atoms with Crippen LogP contribution in [0.4, 0.5) is 14.9 Å². The highest BCUT2D eigenvalue weighted by Gasteiger charge is 2.32. The first-order valence-electron chi connectivity index (χ1n) is 14.4. The van der Waals surface area contributed by atoms with E-state index in [4.69, 9.17) is 18.9 Å². The normalized spacial score (nSPS) is 18.1. The van der Waals surface area contributed by atoms with E-state index in [1.165, 1.54) is 38.5 Å². The number of carbonyl (C=O) groups excluding carboxylic acids is 3. The Morgan fingerprint density at radius 3 is 2.36 bits per heavy atom. The Morgan fingerprint density at radius 2 is 1.72 bits per heavy atom. The highest BCUT2D eigenvalue weighted by molar-refractivity contribution is 5.92. The third-order valence-electron chi connectivity index (χ3n) is 6.99. The monoisotopic (exact) mass is 654 g/mol.